The number of nitrogens with one attached hydrogen (secondary N) is 1. The van der Waals surface area contributed by atoms with Crippen molar-refractivity contribution < 1.29 is 26.8 Å². The highest BCUT2D eigenvalue weighted by atomic mass is 35.5. The van der Waals surface area contributed by atoms with Crippen molar-refractivity contribution in [1.29, 1.82) is 0 Å². The molecule has 3 aliphatic rings. The van der Waals surface area contributed by atoms with E-state index in [4.69, 9.17) is 0 Å². The van der Waals surface area contributed by atoms with Crippen molar-refractivity contribution in [2.45, 2.75) is 55.5 Å². The lowest BCUT2D eigenvalue weighted by molar-refractivity contribution is -0.138. The van der Waals surface area contributed by atoms with Crippen LogP contribution >= 0.6 is 12.4 Å². The van der Waals surface area contributed by atoms with Crippen molar-refractivity contribution in [3.63, 3.8) is 0 Å². The van der Waals surface area contributed by atoms with E-state index in [0.717, 1.165) is 50.0 Å². The molecule has 0 aliphatic carbocycles. The van der Waals surface area contributed by atoms with Gasteiger partial charge in [-0.25, -0.2) is 22.0 Å². The van der Waals surface area contributed by atoms with Gasteiger partial charge in [0.15, 0.2) is 9.84 Å². The van der Waals surface area contributed by atoms with E-state index in [9.17, 15) is 26.8 Å². The van der Waals surface area contributed by atoms with Crippen LogP contribution in [0.15, 0.2) is 59.5 Å². The molecule has 1 atom stereocenters. The molecule has 12 heteroatoms. The second-order valence-corrected chi connectivity index (χ2v) is 13.8. The number of carbonyl (C=O) groups excluding carboxylic acids is 2. The molecule has 2 aromatic rings. The first-order valence-corrected chi connectivity index (χ1v) is 16.1. The van der Waals surface area contributed by atoms with Crippen molar-refractivity contribution in [3.8, 4) is 0 Å². The molecule has 0 bridgehead atoms. The molecule has 1 spiro atoms. The third kappa shape index (κ3) is 7.41. The molecule has 3 aliphatic heterocycles. The summed E-state index contributed by atoms with van der Waals surface area (Å²) < 4.78 is 50.8. The minimum atomic E-state index is -3.26. The molecular formula is C30H39ClF2N4O4S. The first-order chi connectivity index (χ1) is 19.4. The zero-order valence-corrected chi connectivity index (χ0v) is 25.4. The van der Waals surface area contributed by atoms with E-state index in [2.05, 4.69) is 10.2 Å². The summed E-state index contributed by atoms with van der Waals surface area (Å²) in [6, 6.07) is 15.5. The number of urea groups is 1. The van der Waals surface area contributed by atoms with E-state index in [1.54, 1.807) is 24.3 Å². The topological polar surface area (TPSA) is 90.0 Å². The summed E-state index contributed by atoms with van der Waals surface area (Å²) in [4.78, 5) is 31.9. The van der Waals surface area contributed by atoms with Crippen LogP contribution < -0.4 is 5.32 Å². The van der Waals surface area contributed by atoms with Gasteiger partial charge in [0.05, 0.1) is 22.9 Å². The van der Waals surface area contributed by atoms with Crippen LogP contribution in [0.3, 0.4) is 0 Å². The molecule has 3 saturated heterocycles. The predicted molar refractivity (Wildman–Crippen MR) is 158 cm³/mol. The molecular weight excluding hydrogens is 586 g/mol. The Bertz CT molecular complexity index is 1350. The number of amides is 3. The van der Waals surface area contributed by atoms with Crippen molar-refractivity contribution in [3.05, 3.63) is 65.7 Å². The summed E-state index contributed by atoms with van der Waals surface area (Å²) in [6.45, 7) is 2.92. The molecule has 8 nitrogen and oxygen atoms in total. The van der Waals surface area contributed by atoms with Gasteiger partial charge in [-0.1, -0.05) is 42.5 Å². The highest BCUT2D eigenvalue weighted by Gasteiger charge is 2.48. The number of nitrogens with zero attached hydrogens (tertiary/aromatic N) is 3. The number of likely N-dealkylation sites (tertiary alicyclic amines) is 3. The molecule has 42 heavy (non-hydrogen) atoms. The van der Waals surface area contributed by atoms with E-state index in [1.165, 1.54) is 11.2 Å². The standard InChI is InChI=1S/C30H38F2N4O4S.ClH/c1-41(39,40)25-9-7-23(8-10-25)21-35-19-14-29(27(35)37)12-17-34(18-13-29)16-11-26(24-5-3-2-4-6-24)33-28(38)36-20-15-30(31,32)22-36;/h2-10,26H,11-22H2,1H3,(H,33,38);1H/t26-;/m0./s1. The minimum Gasteiger partial charge on any atom is -0.338 e. The Kier molecular flexibility index (Phi) is 9.84. The number of benzene rings is 2. The third-order valence-electron chi connectivity index (χ3n) is 8.83. The Labute approximate surface area is 252 Å². The number of rotatable bonds is 8. The van der Waals surface area contributed by atoms with E-state index in [-0.39, 0.29) is 47.6 Å². The average Bonchev–Trinajstić information content (AvgIpc) is 3.46. The fourth-order valence-electron chi connectivity index (χ4n) is 6.24. The molecule has 0 radical (unpaired) electrons. The Morgan fingerprint density at radius 2 is 1.60 bits per heavy atom. The van der Waals surface area contributed by atoms with Gasteiger partial charge in [0, 0.05) is 38.9 Å². The minimum absolute atomic E-state index is 0. The van der Waals surface area contributed by atoms with Crippen LogP contribution in [0.4, 0.5) is 13.6 Å². The lowest BCUT2D eigenvalue weighted by Crippen LogP contribution is -2.46. The van der Waals surface area contributed by atoms with Crippen LogP contribution in [0.5, 0.6) is 0 Å². The van der Waals surface area contributed by atoms with Crippen molar-refractivity contribution in [2.75, 3.05) is 45.5 Å². The summed E-state index contributed by atoms with van der Waals surface area (Å²) in [5, 5.41) is 2.98. The molecule has 5 rings (SSSR count). The summed E-state index contributed by atoms with van der Waals surface area (Å²) in [5.41, 5.74) is 1.48. The molecule has 2 aromatic carbocycles. The lowest BCUT2D eigenvalue weighted by Gasteiger charge is -2.38. The number of hydrogen-bond donors (Lipinski definition) is 1. The normalized spacial score (nSPS) is 20.9. The maximum absolute atomic E-state index is 13.7. The second kappa shape index (κ2) is 12.9. The van der Waals surface area contributed by atoms with Crippen molar-refractivity contribution in [2.24, 2.45) is 5.41 Å². The molecule has 3 heterocycles. The van der Waals surface area contributed by atoms with Crippen molar-refractivity contribution >= 4 is 34.2 Å². The monoisotopic (exact) mass is 624 g/mol. The zero-order valence-electron chi connectivity index (χ0n) is 23.8. The van der Waals surface area contributed by atoms with Crippen LogP contribution in [-0.4, -0.2) is 86.5 Å². The maximum Gasteiger partial charge on any atom is 0.318 e. The number of halogens is 3. The van der Waals surface area contributed by atoms with Gasteiger partial charge in [-0.3, -0.25) is 4.79 Å². The summed E-state index contributed by atoms with van der Waals surface area (Å²) in [7, 11) is -3.26. The highest BCUT2D eigenvalue weighted by Crippen LogP contribution is 2.42. The summed E-state index contributed by atoms with van der Waals surface area (Å²) >= 11 is 0. The van der Waals surface area contributed by atoms with Crippen LogP contribution in [0.1, 0.15) is 49.3 Å². The Balaban J connectivity index is 0.00000405. The second-order valence-electron chi connectivity index (χ2n) is 11.7. The number of alkyl halides is 2. The number of hydrogen-bond acceptors (Lipinski definition) is 5. The van der Waals surface area contributed by atoms with Gasteiger partial charge in [0.2, 0.25) is 5.91 Å². The smallest absolute Gasteiger partial charge is 0.318 e. The molecule has 3 fully saturated rings. The van der Waals surface area contributed by atoms with Gasteiger partial charge < -0.3 is 20.0 Å². The Hall–Kier alpha value is -2.76. The predicted octanol–water partition coefficient (Wildman–Crippen LogP) is 4.51. The first-order valence-electron chi connectivity index (χ1n) is 14.2. The van der Waals surface area contributed by atoms with E-state index in [0.29, 0.717) is 19.5 Å². The van der Waals surface area contributed by atoms with Gasteiger partial charge in [0.25, 0.3) is 5.92 Å². The fraction of sp³-hybridized carbons (Fsp3) is 0.533. The molecule has 1 N–H and O–H groups in total. The van der Waals surface area contributed by atoms with Gasteiger partial charge in [-0.05, 0) is 62.0 Å². The van der Waals surface area contributed by atoms with Gasteiger partial charge >= 0.3 is 6.03 Å². The quantitative estimate of drug-likeness (QED) is 0.467. The van der Waals surface area contributed by atoms with Gasteiger partial charge in [-0.15, -0.1) is 12.4 Å². The van der Waals surface area contributed by atoms with Crippen LogP contribution in [0.25, 0.3) is 0 Å². The largest absolute Gasteiger partial charge is 0.338 e. The number of sulfone groups is 1. The summed E-state index contributed by atoms with van der Waals surface area (Å²) in [6.07, 6.45) is 3.84. The number of carbonyl (C=O) groups is 2. The SMILES string of the molecule is CS(=O)(=O)c1ccc(CN2CCC3(CCN(CC[C@H](NC(=O)N4CCC(F)(F)C4)c4ccccc4)CC3)C2=O)cc1.Cl. The van der Waals surface area contributed by atoms with E-state index >= 15 is 0 Å². The number of piperidine rings is 1. The van der Waals surface area contributed by atoms with E-state index in [1.807, 2.05) is 35.2 Å². The van der Waals surface area contributed by atoms with Crippen LogP contribution in [0.2, 0.25) is 0 Å². The van der Waals surface area contributed by atoms with Gasteiger partial charge in [-0.2, -0.15) is 0 Å². The molecule has 0 aromatic heterocycles. The maximum atomic E-state index is 13.7. The van der Waals surface area contributed by atoms with Crippen LogP contribution in [-0.2, 0) is 21.2 Å². The zero-order chi connectivity index (χ0) is 29.3. The Morgan fingerprint density at radius 1 is 0.952 bits per heavy atom. The first kappa shape index (κ1) is 32.2. The third-order valence-corrected chi connectivity index (χ3v) is 9.96. The van der Waals surface area contributed by atoms with Crippen molar-refractivity contribution in [1.82, 2.24) is 20.0 Å². The molecule has 0 unspecified atom stereocenters. The summed E-state index contributed by atoms with van der Waals surface area (Å²) in [5.74, 6) is -2.67. The molecule has 0 saturated carbocycles. The molecule has 230 valence electrons. The lowest BCUT2D eigenvalue weighted by atomic mass is 9.77. The van der Waals surface area contributed by atoms with E-state index < -0.39 is 28.3 Å². The van der Waals surface area contributed by atoms with Gasteiger partial charge in [0.1, 0.15) is 0 Å². The Morgan fingerprint density at radius 3 is 2.19 bits per heavy atom. The highest BCUT2D eigenvalue weighted by molar-refractivity contribution is 7.90. The molecule has 3 amide bonds. The van der Waals surface area contributed by atoms with Crippen LogP contribution in [0, 0.1) is 5.41 Å². The average molecular weight is 625 g/mol. The fourth-order valence-corrected chi connectivity index (χ4v) is 6.87.